The summed E-state index contributed by atoms with van der Waals surface area (Å²) >= 11 is 2.95. The van der Waals surface area contributed by atoms with Crippen molar-refractivity contribution in [2.45, 2.75) is 43.0 Å². The summed E-state index contributed by atoms with van der Waals surface area (Å²) in [5.41, 5.74) is 0.533. The third-order valence-electron chi connectivity index (χ3n) is 3.79. The Hall–Kier alpha value is -1.80. The van der Waals surface area contributed by atoms with E-state index in [2.05, 4.69) is 10.2 Å². The van der Waals surface area contributed by atoms with Gasteiger partial charge in [-0.05, 0) is 43.5 Å². The predicted octanol–water partition coefficient (Wildman–Crippen LogP) is 3.95. The average Bonchev–Trinajstić information content (AvgIpc) is 3.30. The Balaban J connectivity index is 1.45. The lowest BCUT2D eigenvalue weighted by Gasteiger charge is -2.15. The highest BCUT2D eigenvalue weighted by Crippen LogP contribution is 2.35. The summed E-state index contributed by atoms with van der Waals surface area (Å²) in [7, 11) is 0. The van der Waals surface area contributed by atoms with Gasteiger partial charge in [0.2, 0.25) is 11.0 Å². The molecule has 1 fully saturated rings. The second-order valence-electron chi connectivity index (χ2n) is 5.85. The van der Waals surface area contributed by atoms with E-state index in [0.29, 0.717) is 23.5 Å². The van der Waals surface area contributed by atoms with Crippen molar-refractivity contribution in [1.82, 2.24) is 10.2 Å². The number of rotatable bonds is 8. The molecule has 3 rings (SSSR count). The van der Waals surface area contributed by atoms with Crippen molar-refractivity contribution in [2.75, 3.05) is 10.7 Å². The third kappa shape index (κ3) is 4.85. The highest BCUT2D eigenvalue weighted by molar-refractivity contribution is 8.01. The number of Topliss-reactive ketones (excluding diaryl/α,β-unsaturated/α-hetero) is 1. The van der Waals surface area contributed by atoms with Crippen LogP contribution in [-0.4, -0.2) is 33.7 Å². The molecule has 0 saturated heterocycles. The van der Waals surface area contributed by atoms with Gasteiger partial charge in [0.15, 0.2) is 10.1 Å². The van der Waals surface area contributed by atoms with Gasteiger partial charge in [-0.1, -0.05) is 23.1 Å². The number of halogens is 1. The molecule has 8 heteroatoms. The largest absolute Gasteiger partial charge is 0.294 e. The fourth-order valence-electron chi connectivity index (χ4n) is 2.41. The van der Waals surface area contributed by atoms with Gasteiger partial charge in [0.1, 0.15) is 5.82 Å². The van der Waals surface area contributed by atoms with Crippen LogP contribution in [0.25, 0.3) is 0 Å². The van der Waals surface area contributed by atoms with Crippen LogP contribution in [0.15, 0.2) is 28.6 Å². The number of thioether (sulfide) groups is 1. The quantitative estimate of drug-likeness (QED) is 0.301. The second-order valence-corrected chi connectivity index (χ2v) is 8.15. The van der Waals surface area contributed by atoms with Gasteiger partial charge in [0.05, 0.1) is 0 Å². The van der Waals surface area contributed by atoms with Crippen molar-refractivity contribution in [2.24, 2.45) is 0 Å². The zero-order valence-corrected chi connectivity index (χ0v) is 15.4. The molecule has 0 atom stereocenters. The Morgan fingerprint density at radius 1 is 1.28 bits per heavy atom. The lowest BCUT2D eigenvalue weighted by atomic mass is 10.1. The maximum atomic E-state index is 12.9. The van der Waals surface area contributed by atoms with E-state index in [1.807, 2.05) is 0 Å². The molecule has 0 unspecified atom stereocenters. The number of ketones is 1. The lowest BCUT2D eigenvalue weighted by Crippen LogP contribution is -2.30. The Morgan fingerprint density at radius 2 is 2.00 bits per heavy atom. The minimum absolute atomic E-state index is 0.0000875. The first-order chi connectivity index (χ1) is 12.0. The van der Waals surface area contributed by atoms with Gasteiger partial charge in [0, 0.05) is 30.7 Å². The summed E-state index contributed by atoms with van der Waals surface area (Å²) in [5.74, 6) is 0.408. The lowest BCUT2D eigenvalue weighted by molar-refractivity contribution is -0.116. The highest BCUT2D eigenvalue weighted by atomic mass is 32.2. The molecule has 1 amide bonds. The molecule has 1 aromatic carbocycles. The van der Waals surface area contributed by atoms with Gasteiger partial charge in [-0.3, -0.25) is 14.5 Å². The van der Waals surface area contributed by atoms with Crippen molar-refractivity contribution < 1.29 is 14.0 Å². The summed E-state index contributed by atoms with van der Waals surface area (Å²) in [6.07, 6.45) is 3.15. The van der Waals surface area contributed by atoms with Crippen molar-refractivity contribution in [3.05, 3.63) is 35.6 Å². The van der Waals surface area contributed by atoms with Crippen LogP contribution in [0.5, 0.6) is 0 Å². The Morgan fingerprint density at radius 3 is 2.64 bits per heavy atom. The van der Waals surface area contributed by atoms with Crippen LogP contribution in [0, 0.1) is 5.82 Å². The van der Waals surface area contributed by atoms with Crippen LogP contribution in [0.2, 0.25) is 0 Å². The van der Waals surface area contributed by atoms with Crippen LogP contribution in [0.3, 0.4) is 0 Å². The first-order valence-corrected chi connectivity index (χ1v) is 9.89. The van der Waals surface area contributed by atoms with Gasteiger partial charge in [-0.2, -0.15) is 0 Å². The number of amides is 1. The van der Waals surface area contributed by atoms with E-state index in [1.54, 1.807) is 11.8 Å². The van der Waals surface area contributed by atoms with Crippen LogP contribution in [-0.2, 0) is 4.79 Å². The van der Waals surface area contributed by atoms with E-state index in [0.717, 1.165) is 22.9 Å². The number of aromatic nitrogens is 2. The van der Waals surface area contributed by atoms with E-state index in [-0.39, 0.29) is 23.5 Å². The summed E-state index contributed by atoms with van der Waals surface area (Å²) < 4.78 is 13.7. The maximum Gasteiger partial charge on any atom is 0.225 e. The van der Waals surface area contributed by atoms with Crippen molar-refractivity contribution in [1.29, 1.82) is 0 Å². The minimum Gasteiger partial charge on any atom is -0.294 e. The Kier molecular flexibility index (Phi) is 5.80. The molecule has 5 nitrogen and oxygen atoms in total. The van der Waals surface area contributed by atoms with E-state index in [9.17, 15) is 14.0 Å². The van der Waals surface area contributed by atoms with E-state index < -0.39 is 0 Å². The molecule has 1 aromatic heterocycles. The molecule has 132 valence electrons. The molecule has 0 aliphatic heterocycles. The number of benzene rings is 1. The standard InChI is InChI=1S/C17H18FN3O2S2/c1-11(22)21(14-8-9-14)16-19-20-17(25-16)24-10-2-3-15(23)12-4-6-13(18)7-5-12/h4-7,14H,2-3,8-10H2,1H3. The topological polar surface area (TPSA) is 63.2 Å². The summed E-state index contributed by atoms with van der Waals surface area (Å²) in [6.45, 7) is 1.55. The zero-order valence-electron chi connectivity index (χ0n) is 13.8. The maximum absolute atomic E-state index is 12.9. The average molecular weight is 379 g/mol. The van der Waals surface area contributed by atoms with Crippen molar-refractivity contribution in [3.63, 3.8) is 0 Å². The van der Waals surface area contributed by atoms with Crippen LogP contribution in [0.4, 0.5) is 9.52 Å². The van der Waals surface area contributed by atoms with Gasteiger partial charge < -0.3 is 0 Å². The van der Waals surface area contributed by atoms with E-state index in [1.165, 1.54) is 47.4 Å². The smallest absolute Gasteiger partial charge is 0.225 e. The van der Waals surface area contributed by atoms with Crippen LogP contribution < -0.4 is 4.90 Å². The van der Waals surface area contributed by atoms with Gasteiger partial charge in [0.25, 0.3) is 0 Å². The van der Waals surface area contributed by atoms with Gasteiger partial charge in [-0.25, -0.2) is 4.39 Å². The summed E-state index contributed by atoms with van der Waals surface area (Å²) in [5, 5.41) is 8.90. The second kappa shape index (κ2) is 8.05. The fourth-order valence-corrected chi connectivity index (χ4v) is 4.38. The molecule has 2 aromatic rings. The number of carbonyl (C=O) groups is 2. The van der Waals surface area contributed by atoms with E-state index in [4.69, 9.17) is 0 Å². The van der Waals surface area contributed by atoms with Crippen LogP contribution >= 0.6 is 23.1 Å². The molecular formula is C17H18FN3O2S2. The summed E-state index contributed by atoms with van der Waals surface area (Å²) in [4.78, 5) is 25.5. The molecule has 25 heavy (non-hydrogen) atoms. The molecule has 1 aliphatic carbocycles. The van der Waals surface area contributed by atoms with Crippen molar-refractivity contribution in [3.8, 4) is 0 Å². The molecule has 1 aliphatic rings. The third-order valence-corrected chi connectivity index (χ3v) is 5.94. The zero-order chi connectivity index (χ0) is 17.8. The summed E-state index contributed by atoms with van der Waals surface area (Å²) in [6, 6.07) is 5.89. The highest BCUT2D eigenvalue weighted by Gasteiger charge is 2.34. The van der Waals surface area contributed by atoms with Crippen LogP contribution in [0.1, 0.15) is 43.0 Å². The molecule has 0 bridgehead atoms. The van der Waals surface area contributed by atoms with E-state index >= 15 is 0 Å². The molecule has 1 saturated carbocycles. The minimum atomic E-state index is -0.343. The molecular weight excluding hydrogens is 361 g/mol. The molecule has 0 spiro atoms. The first kappa shape index (κ1) is 18.0. The molecule has 0 N–H and O–H groups in total. The number of carbonyl (C=O) groups excluding carboxylic acids is 2. The van der Waals surface area contributed by atoms with Crippen molar-refractivity contribution >= 4 is 39.9 Å². The Bertz CT molecular complexity index is 760. The number of hydrogen-bond acceptors (Lipinski definition) is 6. The van der Waals surface area contributed by atoms with Gasteiger partial charge >= 0.3 is 0 Å². The predicted molar refractivity (Wildman–Crippen MR) is 96.8 cm³/mol. The fraction of sp³-hybridized carbons (Fsp3) is 0.412. The monoisotopic (exact) mass is 379 g/mol. The Labute approximate surface area is 153 Å². The normalized spacial score (nSPS) is 13.7. The number of anilines is 1. The molecule has 1 heterocycles. The number of nitrogens with zero attached hydrogens (tertiary/aromatic N) is 3. The number of hydrogen-bond donors (Lipinski definition) is 0. The van der Waals surface area contributed by atoms with Gasteiger partial charge in [-0.15, -0.1) is 10.2 Å². The molecule has 0 radical (unpaired) electrons. The SMILES string of the molecule is CC(=O)N(c1nnc(SCCCC(=O)c2ccc(F)cc2)s1)C1CC1. The first-order valence-electron chi connectivity index (χ1n) is 8.09.